The second-order valence-corrected chi connectivity index (χ2v) is 14.3. The maximum atomic E-state index is 14.0. The third-order valence-corrected chi connectivity index (χ3v) is 10.8. The number of rotatable bonds is 7. The van der Waals surface area contributed by atoms with Crippen LogP contribution in [-0.4, -0.2) is 97.9 Å². The first kappa shape index (κ1) is 32.8. The van der Waals surface area contributed by atoms with Crippen LogP contribution in [-0.2, 0) is 11.2 Å². The molecule has 3 saturated heterocycles. The highest BCUT2D eigenvalue weighted by atomic mass is 79.9. The van der Waals surface area contributed by atoms with E-state index in [0.717, 1.165) is 37.1 Å². The highest BCUT2D eigenvalue weighted by Gasteiger charge is 2.34. The zero-order valence-electron chi connectivity index (χ0n) is 25.8. The van der Waals surface area contributed by atoms with E-state index >= 15 is 0 Å². The summed E-state index contributed by atoms with van der Waals surface area (Å²) in [5.74, 6) is 0.530. The molecule has 3 aliphatic heterocycles. The Balaban J connectivity index is 1.11. The summed E-state index contributed by atoms with van der Waals surface area (Å²) in [6, 6.07) is 12.4. The molecule has 11 nitrogen and oxygen atoms in total. The van der Waals surface area contributed by atoms with Gasteiger partial charge in [0, 0.05) is 44.2 Å². The first-order valence-electron chi connectivity index (χ1n) is 16.3. The number of urea groups is 1. The number of aromatic hydroxyl groups is 1. The summed E-state index contributed by atoms with van der Waals surface area (Å²) in [7, 11) is 0. The van der Waals surface area contributed by atoms with Gasteiger partial charge >= 0.3 is 11.7 Å². The summed E-state index contributed by atoms with van der Waals surface area (Å²) in [5.41, 5.74) is 1.39. The molecule has 0 aliphatic carbocycles. The van der Waals surface area contributed by atoms with E-state index in [0.29, 0.717) is 59.8 Å². The molecule has 3 fully saturated rings. The molecular formula is C33H41Br2N7O4. The highest BCUT2D eigenvalue weighted by Crippen LogP contribution is 2.34. The van der Waals surface area contributed by atoms with Gasteiger partial charge in [-0.05, 0) is 101 Å². The minimum absolute atomic E-state index is 0.0860. The number of benzene rings is 2. The molecule has 0 spiro atoms. The molecule has 0 bridgehead atoms. The average molecular weight is 760 g/mol. The van der Waals surface area contributed by atoms with Gasteiger partial charge in [-0.15, -0.1) is 5.10 Å². The van der Waals surface area contributed by atoms with E-state index in [9.17, 15) is 19.5 Å². The smallest absolute Gasteiger partial charge is 0.343 e. The van der Waals surface area contributed by atoms with Crippen molar-refractivity contribution in [3.05, 3.63) is 67.5 Å². The molecule has 246 valence electrons. The molecule has 2 aromatic carbocycles. The van der Waals surface area contributed by atoms with Gasteiger partial charge in [0.2, 0.25) is 5.91 Å². The van der Waals surface area contributed by atoms with E-state index in [1.165, 1.54) is 23.9 Å². The molecule has 1 aromatic heterocycles. The van der Waals surface area contributed by atoms with Crippen LogP contribution in [0.25, 0.3) is 11.4 Å². The number of nitrogens with one attached hydrogen (secondary N) is 2. The van der Waals surface area contributed by atoms with Gasteiger partial charge in [0.1, 0.15) is 11.8 Å². The lowest BCUT2D eigenvalue weighted by Gasteiger charge is -2.41. The third kappa shape index (κ3) is 7.52. The van der Waals surface area contributed by atoms with E-state index in [2.05, 4.69) is 52.2 Å². The number of H-pyrrole nitrogens is 1. The first-order valence-corrected chi connectivity index (χ1v) is 17.8. The predicted octanol–water partition coefficient (Wildman–Crippen LogP) is 4.90. The molecular weight excluding hydrogens is 718 g/mol. The Kier molecular flexibility index (Phi) is 10.5. The highest BCUT2D eigenvalue weighted by molar-refractivity contribution is 9.11. The first-order chi connectivity index (χ1) is 22.3. The maximum absolute atomic E-state index is 14.0. The lowest BCUT2D eigenvalue weighted by molar-refractivity contribution is -0.134. The molecule has 1 atom stereocenters. The Labute approximate surface area is 285 Å². The van der Waals surface area contributed by atoms with Gasteiger partial charge < -0.3 is 25.1 Å². The van der Waals surface area contributed by atoms with Crippen LogP contribution in [0.4, 0.5) is 4.79 Å². The normalized spacial score (nSPS) is 19.3. The zero-order chi connectivity index (χ0) is 32.2. The number of hydrogen-bond acceptors (Lipinski definition) is 6. The van der Waals surface area contributed by atoms with Crippen LogP contribution in [0.15, 0.2) is 56.2 Å². The summed E-state index contributed by atoms with van der Waals surface area (Å²) in [4.78, 5) is 49.4. The van der Waals surface area contributed by atoms with Crippen molar-refractivity contribution in [2.45, 2.75) is 69.5 Å². The Bertz CT molecular complexity index is 1550. The number of carbonyl (C=O) groups excluding carboxylic acids is 2. The summed E-state index contributed by atoms with van der Waals surface area (Å²) < 4.78 is 2.53. The predicted molar refractivity (Wildman–Crippen MR) is 183 cm³/mol. The van der Waals surface area contributed by atoms with Gasteiger partial charge in [0.25, 0.3) is 0 Å². The Hall–Kier alpha value is -3.16. The number of amides is 3. The molecule has 3 aliphatic rings. The van der Waals surface area contributed by atoms with Gasteiger partial charge in [-0.2, -0.15) is 0 Å². The van der Waals surface area contributed by atoms with Crippen LogP contribution >= 0.6 is 31.9 Å². The van der Waals surface area contributed by atoms with Gasteiger partial charge in [-0.3, -0.25) is 9.78 Å². The SMILES string of the molecule is O=C(N[C@@H](Cc1cc(Br)c(O)c(Br)c1)C(=O)N1CCC(N2CCCCC2)CC1)N1CCC(n2nc(-c3ccccc3)[nH]c2=O)CC1. The minimum atomic E-state index is -0.762. The Morgan fingerprint density at radius 2 is 1.50 bits per heavy atom. The summed E-state index contributed by atoms with van der Waals surface area (Å²) >= 11 is 6.79. The summed E-state index contributed by atoms with van der Waals surface area (Å²) in [6.45, 7) is 4.50. The molecule has 3 aromatic rings. The standard InChI is InChI=1S/C33H41Br2N7O4/c34-26-19-22(20-27(35)29(26)43)21-28(31(44)40-15-9-24(10-16-40)39-13-5-2-6-14-39)36-32(45)41-17-11-25(12-18-41)42-33(46)37-30(38-42)23-7-3-1-4-8-23/h1,3-4,7-8,19-20,24-25,28,43H,2,5-6,9-18,21H2,(H,36,45)(H,37,38,46)/t28-/m0/s1. The maximum Gasteiger partial charge on any atom is 0.343 e. The van der Waals surface area contributed by atoms with Crippen LogP contribution in [0.1, 0.15) is 56.6 Å². The summed E-state index contributed by atoms with van der Waals surface area (Å²) in [5, 5.41) is 17.8. The van der Waals surface area contributed by atoms with Crippen molar-refractivity contribution in [2.75, 3.05) is 39.3 Å². The quantitative estimate of drug-likeness (QED) is 0.315. The molecule has 0 radical (unpaired) electrons. The van der Waals surface area contributed by atoms with Crippen molar-refractivity contribution in [1.82, 2.24) is 34.8 Å². The van der Waals surface area contributed by atoms with E-state index < -0.39 is 6.04 Å². The van der Waals surface area contributed by atoms with E-state index in [1.807, 2.05) is 35.2 Å². The van der Waals surface area contributed by atoms with Gasteiger partial charge in [0.15, 0.2) is 5.82 Å². The van der Waals surface area contributed by atoms with Crippen molar-refractivity contribution < 1.29 is 14.7 Å². The molecule has 3 N–H and O–H groups in total. The van der Waals surface area contributed by atoms with Crippen LogP contribution in [0, 0.1) is 0 Å². The molecule has 0 saturated carbocycles. The van der Waals surface area contributed by atoms with Crippen LogP contribution in [0.2, 0.25) is 0 Å². The topological polar surface area (TPSA) is 127 Å². The van der Waals surface area contributed by atoms with Crippen molar-refractivity contribution in [3.8, 4) is 17.1 Å². The molecule has 46 heavy (non-hydrogen) atoms. The van der Waals surface area contributed by atoms with Crippen LogP contribution in [0.3, 0.4) is 0 Å². The van der Waals surface area contributed by atoms with Gasteiger partial charge in [0.05, 0.1) is 15.0 Å². The number of carbonyl (C=O) groups is 2. The van der Waals surface area contributed by atoms with Gasteiger partial charge in [-0.25, -0.2) is 14.3 Å². The lowest BCUT2D eigenvalue weighted by Crippen LogP contribution is -2.56. The second-order valence-electron chi connectivity index (χ2n) is 12.6. The number of likely N-dealkylation sites (tertiary alicyclic amines) is 3. The van der Waals surface area contributed by atoms with Crippen molar-refractivity contribution in [1.29, 1.82) is 0 Å². The zero-order valence-corrected chi connectivity index (χ0v) is 29.0. The van der Waals surface area contributed by atoms with Crippen molar-refractivity contribution in [2.24, 2.45) is 0 Å². The van der Waals surface area contributed by atoms with Crippen molar-refractivity contribution >= 4 is 43.8 Å². The largest absolute Gasteiger partial charge is 0.506 e. The van der Waals surface area contributed by atoms with Crippen LogP contribution in [0.5, 0.6) is 5.75 Å². The Morgan fingerprint density at radius 1 is 0.891 bits per heavy atom. The fourth-order valence-corrected chi connectivity index (χ4v) is 8.27. The van der Waals surface area contributed by atoms with Crippen molar-refractivity contribution in [3.63, 3.8) is 0 Å². The fraction of sp³-hybridized carbons (Fsp3) is 0.515. The fourth-order valence-electron chi connectivity index (χ4n) is 6.99. The number of aromatic nitrogens is 3. The van der Waals surface area contributed by atoms with Crippen LogP contribution < -0.4 is 11.0 Å². The monoisotopic (exact) mass is 757 g/mol. The number of nitrogens with zero attached hydrogens (tertiary/aromatic N) is 5. The molecule has 6 rings (SSSR count). The number of phenols is 1. The van der Waals surface area contributed by atoms with Gasteiger partial charge in [-0.1, -0.05) is 36.8 Å². The second kappa shape index (κ2) is 14.7. The summed E-state index contributed by atoms with van der Waals surface area (Å²) in [6.07, 6.45) is 7.11. The molecule has 3 amide bonds. The number of hydrogen-bond donors (Lipinski definition) is 3. The number of piperidine rings is 3. The van der Waals surface area contributed by atoms with E-state index in [4.69, 9.17) is 0 Å². The lowest BCUT2D eigenvalue weighted by atomic mass is 9.98. The average Bonchev–Trinajstić information content (AvgIpc) is 3.48. The molecule has 13 heteroatoms. The van der Waals surface area contributed by atoms with E-state index in [-0.39, 0.29) is 35.8 Å². The molecule has 0 unspecified atom stereocenters. The van der Waals surface area contributed by atoms with E-state index in [1.54, 1.807) is 17.0 Å². The number of aromatic amines is 1. The minimum Gasteiger partial charge on any atom is -0.506 e. The Morgan fingerprint density at radius 3 is 2.15 bits per heavy atom. The number of phenolic OH excluding ortho intramolecular Hbond substituents is 1. The third-order valence-electron chi connectivity index (χ3n) is 9.58. The number of halogens is 2. The molecule has 4 heterocycles.